The van der Waals surface area contributed by atoms with E-state index in [1.54, 1.807) is 19.2 Å². The van der Waals surface area contributed by atoms with Crippen molar-refractivity contribution >= 4 is 29.9 Å². The topological polar surface area (TPSA) is 54.9 Å². The van der Waals surface area contributed by atoms with Crippen molar-refractivity contribution < 1.29 is 13.9 Å². The number of halogens is 2. The minimum atomic E-state index is -0.203. The highest BCUT2D eigenvalue weighted by Gasteiger charge is 1.99. The van der Waals surface area contributed by atoms with Gasteiger partial charge < -0.3 is 20.1 Å². The van der Waals surface area contributed by atoms with Crippen molar-refractivity contribution in [3.63, 3.8) is 0 Å². The molecule has 0 fully saturated rings. The first-order valence-electron chi connectivity index (χ1n) is 8.60. The molecule has 25 heavy (non-hydrogen) atoms. The van der Waals surface area contributed by atoms with Crippen LogP contribution in [-0.2, 0) is 15.9 Å². The van der Waals surface area contributed by atoms with Crippen molar-refractivity contribution in [2.45, 2.75) is 26.2 Å². The molecular formula is C18H31FIN3O2. The molecule has 0 aliphatic carbocycles. The van der Waals surface area contributed by atoms with Gasteiger partial charge in [0.2, 0.25) is 0 Å². The molecule has 144 valence electrons. The van der Waals surface area contributed by atoms with Crippen LogP contribution in [0, 0.1) is 5.82 Å². The molecule has 5 nitrogen and oxygen atoms in total. The predicted octanol–water partition coefficient (Wildman–Crippen LogP) is 2.98. The highest BCUT2D eigenvalue weighted by Crippen LogP contribution is 2.03. The van der Waals surface area contributed by atoms with Crippen molar-refractivity contribution in [3.05, 3.63) is 35.6 Å². The van der Waals surface area contributed by atoms with E-state index >= 15 is 0 Å². The number of ether oxygens (including phenoxy) is 2. The molecule has 0 aliphatic rings. The fourth-order valence-electron chi connectivity index (χ4n) is 2.05. The Morgan fingerprint density at radius 1 is 1.08 bits per heavy atom. The number of rotatable bonds is 12. The van der Waals surface area contributed by atoms with Crippen molar-refractivity contribution in [2.24, 2.45) is 4.99 Å². The van der Waals surface area contributed by atoms with Crippen LogP contribution in [0.4, 0.5) is 4.39 Å². The SMILES string of the molecule is CCCCOCCOCCNC(=NC)NCCc1cccc(F)c1.I. The highest BCUT2D eigenvalue weighted by atomic mass is 127. The lowest BCUT2D eigenvalue weighted by Gasteiger charge is -2.12. The number of unbranched alkanes of at least 4 members (excludes halogenated alkanes) is 1. The normalized spacial score (nSPS) is 11.1. The third-order valence-electron chi connectivity index (χ3n) is 3.37. The second-order valence-corrected chi connectivity index (χ2v) is 5.38. The zero-order valence-electron chi connectivity index (χ0n) is 15.2. The maximum Gasteiger partial charge on any atom is 0.191 e. The Hall–Kier alpha value is -0.930. The van der Waals surface area contributed by atoms with Crippen LogP contribution in [-0.4, -0.2) is 52.5 Å². The van der Waals surface area contributed by atoms with Crippen LogP contribution in [0.1, 0.15) is 25.3 Å². The molecule has 0 atom stereocenters. The smallest absolute Gasteiger partial charge is 0.191 e. The molecule has 0 aliphatic heterocycles. The van der Waals surface area contributed by atoms with E-state index in [0.29, 0.717) is 38.9 Å². The summed E-state index contributed by atoms with van der Waals surface area (Å²) in [6, 6.07) is 6.64. The van der Waals surface area contributed by atoms with E-state index in [0.717, 1.165) is 31.4 Å². The van der Waals surface area contributed by atoms with E-state index in [9.17, 15) is 4.39 Å². The second kappa shape index (κ2) is 16.5. The molecule has 0 spiro atoms. The fourth-order valence-corrected chi connectivity index (χ4v) is 2.05. The summed E-state index contributed by atoms with van der Waals surface area (Å²) in [5, 5.41) is 6.38. The number of nitrogens with one attached hydrogen (secondary N) is 2. The van der Waals surface area contributed by atoms with Crippen molar-refractivity contribution in [1.82, 2.24) is 10.6 Å². The van der Waals surface area contributed by atoms with E-state index in [1.807, 2.05) is 6.07 Å². The van der Waals surface area contributed by atoms with Crippen LogP contribution in [0.3, 0.4) is 0 Å². The lowest BCUT2D eigenvalue weighted by molar-refractivity contribution is 0.0487. The number of hydrogen-bond acceptors (Lipinski definition) is 3. The third kappa shape index (κ3) is 13.0. The molecule has 2 N–H and O–H groups in total. The standard InChI is InChI=1S/C18H30FN3O2.HI/c1-3-4-11-23-13-14-24-12-10-22-18(20-2)21-9-8-16-6-5-7-17(19)15-16;/h5-7,15H,3-4,8-14H2,1-2H3,(H2,20,21,22);1H. The van der Waals surface area contributed by atoms with Crippen LogP contribution < -0.4 is 10.6 Å². The second-order valence-electron chi connectivity index (χ2n) is 5.38. The predicted molar refractivity (Wildman–Crippen MR) is 111 cm³/mol. The molecule has 0 bridgehead atoms. The Labute approximate surface area is 167 Å². The average molecular weight is 467 g/mol. The lowest BCUT2D eigenvalue weighted by Crippen LogP contribution is -2.39. The van der Waals surface area contributed by atoms with Gasteiger partial charge >= 0.3 is 0 Å². The molecular weight excluding hydrogens is 436 g/mol. The fraction of sp³-hybridized carbons (Fsp3) is 0.611. The summed E-state index contributed by atoms with van der Waals surface area (Å²) in [5.41, 5.74) is 0.962. The van der Waals surface area contributed by atoms with Crippen molar-refractivity contribution in [2.75, 3.05) is 46.6 Å². The van der Waals surface area contributed by atoms with Crippen molar-refractivity contribution in [3.8, 4) is 0 Å². The van der Waals surface area contributed by atoms with Crippen molar-refractivity contribution in [1.29, 1.82) is 0 Å². The maximum absolute atomic E-state index is 13.1. The number of aliphatic imine (C=N–C) groups is 1. The first-order chi connectivity index (χ1) is 11.8. The molecule has 1 aromatic carbocycles. The van der Waals surface area contributed by atoms with Crippen LogP contribution in [0.25, 0.3) is 0 Å². The van der Waals surface area contributed by atoms with E-state index in [4.69, 9.17) is 9.47 Å². The van der Waals surface area contributed by atoms with Gasteiger partial charge in [-0.3, -0.25) is 4.99 Å². The zero-order chi connectivity index (χ0) is 17.5. The van der Waals surface area contributed by atoms with Gasteiger partial charge in [-0.15, -0.1) is 24.0 Å². The Kier molecular flexibility index (Phi) is 15.9. The molecule has 0 unspecified atom stereocenters. The van der Waals surface area contributed by atoms with E-state index in [-0.39, 0.29) is 29.8 Å². The van der Waals surface area contributed by atoms with Gasteiger partial charge in [0, 0.05) is 26.7 Å². The first kappa shape index (κ1) is 24.1. The Morgan fingerprint density at radius 2 is 1.80 bits per heavy atom. The van der Waals surface area contributed by atoms with Gasteiger partial charge in [0.05, 0.1) is 19.8 Å². The summed E-state index contributed by atoms with van der Waals surface area (Å²) < 4.78 is 24.0. The molecule has 0 saturated heterocycles. The molecule has 0 heterocycles. The van der Waals surface area contributed by atoms with E-state index in [2.05, 4.69) is 22.5 Å². The summed E-state index contributed by atoms with van der Waals surface area (Å²) >= 11 is 0. The third-order valence-corrected chi connectivity index (χ3v) is 3.37. The van der Waals surface area contributed by atoms with Gasteiger partial charge in [-0.2, -0.15) is 0 Å². The Balaban J connectivity index is 0.00000576. The molecule has 1 rings (SSSR count). The average Bonchev–Trinajstić information content (AvgIpc) is 2.59. The highest BCUT2D eigenvalue weighted by molar-refractivity contribution is 14.0. The number of benzene rings is 1. The maximum atomic E-state index is 13.1. The Morgan fingerprint density at radius 3 is 2.48 bits per heavy atom. The molecule has 1 aromatic rings. The lowest BCUT2D eigenvalue weighted by atomic mass is 10.1. The van der Waals surface area contributed by atoms with Gasteiger partial charge in [-0.1, -0.05) is 25.5 Å². The van der Waals surface area contributed by atoms with Gasteiger partial charge in [0.25, 0.3) is 0 Å². The summed E-state index contributed by atoms with van der Waals surface area (Å²) in [5.74, 6) is 0.514. The molecule has 0 saturated carbocycles. The van der Waals surface area contributed by atoms with Gasteiger partial charge in [-0.05, 0) is 30.5 Å². The summed E-state index contributed by atoms with van der Waals surface area (Å²) in [6.07, 6.45) is 2.99. The van der Waals surface area contributed by atoms with Crippen LogP contribution >= 0.6 is 24.0 Å². The minimum absolute atomic E-state index is 0. The zero-order valence-corrected chi connectivity index (χ0v) is 17.6. The molecule has 7 heteroatoms. The minimum Gasteiger partial charge on any atom is -0.379 e. The van der Waals surface area contributed by atoms with Crippen LogP contribution in [0.15, 0.2) is 29.3 Å². The first-order valence-corrected chi connectivity index (χ1v) is 8.60. The summed E-state index contributed by atoms with van der Waals surface area (Å²) in [6.45, 7) is 6.16. The monoisotopic (exact) mass is 467 g/mol. The number of hydrogen-bond donors (Lipinski definition) is 2. The largest absolute Gasteiger partial charge is 0.379 e. The van der Waals surface area contributed by atoms with Gasteiger partial charge in [0.1, 0.15) is 5.82 Å². The molecule has 0 aromatic heterocycles. The quantitative estimate of drug-likeness (QED) is 0.215. The van der Waals surface area contributed by atoms with Gasteiger partial charge in [0.15, 0.2) is 5.96 Å². The molecule has 0 radical (unpaired) electrons. The van der Waals surface area contributed by atoms with Crippen LogP contribution in [0.2, 0.25) is 0 Å². The van der Waals surface area contributed by atoms with E-state index < -0.39 is 0 Å². The summed E-state index contributed by atoms with van der Waals surface area (Å²) in [4.78, 5) is 4.14. The van der Waals surface area contributed by atoms with E-state index in [1.165, 1.54) is 6.07 Å². The van der Waals surface area contributed by atoms with Crippen LogP contribution in [0.5, 0.6) is 0 Å². The number of nitrogens with zero attached hydrogens (tertiary/aromatic N) is 1. The summed E-state index contributed by atoms with van der Waals surface area (Å²) in [7, 11) is 1.72. The molecule has 0 amide bonds. The van der Waals surface area contributed by atoms with Gasteiger partial charge in [-0.25, -0.2) is 4.39 Å². The number of guanidine groups is 1. The Bertz CT molecular complexity index is 475.